The van der Waals surface area contributed by atoms with Gasteiger partial charge in [-0.25, -0.2) is 0 Å². The summed E-state index contributed by atoms with van der Waals surface area (Å²) in [5.74, 6) is 0. The van der Waals surface area contributed by atoms with Gasteiger partial charge in [0.2, 0.25) is 0 Å². The predicted molar refractivity (Wildman–Crippen MR) is 169 cm³/mol. The molecule has 1 fully saturated rings. The standard InChI is InChI=1S/C36H27BO5/c1-35(2)36(3,4)42-37(41-35)27-16-21(17-33-34(27)23-10-6-8-12-29(23)40-33)20-13-14-30-24(15-20)26-19-31-25(18-32(26)39-30)22-9-5-7-11-28(22)38-31/h5-19H,1-4H3. The zero-order valence-corrected chi connectivity index (χ0v) is 23.8. The van der Waals surface area contributed by atoms with E-state index in [2.05, 4.69) is 76.2 Å². The molecule has 9 rings (SSSR count). The first-order valence-corrected chi connectivity index (χ1v) is 14.3. The first-order valence-electron chi connectivity index (χ1n) is 14.3. The zero-order valence-electron chi connectivity index (χ0n) is 23.8. The lowest BCUT2D eigenvalue weighted by Gasteiger charge is -2.32. The second kappa shape index (κ2) is 8.06. The average Bonchev–Trinajstić information content (AvgIpc) is 3.69. The van der Waals surface area contributed by atoms with Gasteiger partial charge in [-0.1, -0.05) is 48.5 Å². The molecule has 0 saturated carbocycles. The molecule has 42 heavy (non-hydrogen) atoms. The van der Waals surface area contributed by atoms with Crippen LogP contribution in [0.2, 0.25) is 0 Å². The van der Waals surface area contributed by atoms with Crippen LogP contribution in [0.5, 0.6) is 0 Å². The number of rotatable bonds is 2. The lowest BCUT2D eigenvalue weighted by Crippen LogP contribution is -2.41. The molecule has 0 unspecified atom stereocenters. The molecule has 0 N–H and O–H groups in total. The molecule has 0 amide bonds. The molecule has 6 heteroatoms. The van der Waals surface area contributed by atoms with Crippen LogP contribution in [0.25, 0.3) is 76.9 Å². The third-order valence-corrected chi connectivity index (χ3v) is 9.32. The highest BCUT2D eigenvalue weighted by Crippen LogP contribution is 2.41. The smallest absolute Gasteiger partial charge is 0.456 e. The Hall–Kier alpha value is -4.52. The summed E-state index contributed by atoms with van der Waals surface area (Å²) >= 11 is 0. The van der Waals surface area contributed by atoms with Crippen LogP contribution in [0.3, 0.4) is 0 Å². The summed E-state index contributed by atoms with van der Waals surface area (Å²) in [5.41, 5.74) is 7.16. The summed E-state index contributed by atoms with van der Waals surface area (Å²) in [6, 6.07) is 31.1. The molecule has 0 bridgehead atoms. The van der Waals surface area contributed by atoms with Crippen LogP contribution in [-0.2, 0) is 9.31 Å². The summed E-state index contributed by atoms with van der Waals surface area (Å²) in [5, 5.41) is 6.27. The third-order valence-electron chi connectivity index (χ3n) is 9.32. The SMILES string of the molecule is CC1(C)OB(c2cc(-c3ccc4oc5cc6c(cc5c4c3)oc3ccccc36)cc3oc4ccccc4c23)OC1(C)C. The second-order valence-electron chi connectivity index (χ2n) is 12.4. The van der Waals surface area contributed by atoms with E-state index in [9.17, 15) is 0 Å². The molecule has 0 aliphatic carbocycles. The van der Waals surface area contributed by atoms with Gasteiger partial charge in [0, 0.05) is 32.3 Å². The van der Waals surface area contributed by atoms with E-state index in [4.69, 9.17) is 22.6 Å². The lowest BCUT2D eigenvalue weighted by molar-refractivity contribution is 0.00578. The van der Waals surface area contributed by atoms with Gasteiger partial charge in [-0.2, -0.15) is 0 Å². The van der Waals surface area contributed by atoms with E-state index in [1.54, 1.807) is 0 Å². The van der Waals surface area contributed by atoms with E-state index < -0.39 is 18.3 Å². The molecule has 5 nitrogen and oxygen atoms in total. The number of hydrogen-bond acceptors (Lipinski definition) is 5. The van der Waals surface area contributed by atoms with Crippen molar-refractivity contribution in [3.63, 3.8) is 0 Å². The van der Waals surface area contributed by atoms with Gasteiger partial charge in [-0.05, 0) is 86.7 Å². The number of para-hydroxylation sites is 2. The van der Waals surface area contributed by atoms with E-state index in [1.165, 1.54) is 0 Å². The minimum Gasteiger partial charge on any atom is -0.456 e. The average molecular weight is 550 g/mol. The van der Waals surface area contributed by atoms with Crippen molar-refractivity contribution in [1.82, 2.24) is 0 Å². The normalized spacial score (nSPS) is 16.7. The van der Waals surface area contributed by atoms with Gasteiger partial charge in [0.05, 0.1) is 11.2 Å². The fourth-order valence-corrected chi connectivity index (χ4v) is 6.38. The minimum atomic E-state index is -0.529. The van der Waals surface area contributed by atoms with Crippen LogP contribution in [0, 0.1) is 0 Å². The van der Waals surface area contributed by atoms with E-state index in [1.807, 2.05) is 42.5 Å². The van der Waals surface area contributed by atoms with Gasteiger partial charge >= 0.3 is 7.12 Å². The molecule has 0 radical (unpaired) electrons. The Morgan fingerprint density at radius 1 is 0.452 bits per heavy atom. The maximum atomic E-state index is 6.56. The highest BCUT2D eigenvalue weighted by molar-refractivity contribution is 6.66. The maximum Gasteiger partial charge on any atom is 0.495 e. The lowest BCUT2D eigenvalue weighted by atomic mass is 9.75. The maximum absolute atomic E-state index is 6.56. The summed E-state index contributed by atoms with van der Waals surface area (Å²) in [7, 11) is -0.529. The van der Waals surface area contributed by atoms with Crippen molar-refractivity contribution >= 4 is 78.4 Å². The molecule has 0 atom stereocenters. The molecule has 0 spiro atoms. The molecule has 1 aliphatic heterocycles. The van der Waals surface area contributed by atoms with Gasteiger partial charge in [0.25, 0.3) is 0 Å². The van der Waals surface area contributed by atoms with Crippen LogP contribution in [0.15, 0.2) is 104 Å². The summed E-state index contributed by atoms with van der Waals surface area (Å²) in [6.45, 7) is 8.33. The van der Waals surface area contributed by atoms with Gasteiger partial charge in [0.1, 0.15) is 33.5 Å². The van der Waals surface area contributed by atoms with Crippen molar-refractivity contribution in [1.29, 1.82) is 0 Å². The molecule has 8 aromatic rings. The number of fused-ring (bicyclic) bond motifs is 9. The molecule has 1 saturated heterocycles. The summed E-state index contributed by atoms with van der Waals surface area (Å²) in [4.78, 5) is 0. The number of benzene rings is 5. The molecular formula is C36H27BO5. The van der Waals surface area contributed by atoms with Crippen LogP contribution in [0.4, 0.5) is 0 Å². The quantitative estimate of drug-likeness (QED) is 0.201. The first-order chi connectivity index (χ1) is 20.3. The largest absolute Gasteiger partial charge is 0.495 e. The van der Waals surface area contributed by atoms with Gasteiger partial charge < -0.3 is 22.6 Å². The van der Waals surface area contributed by atoms with E-state index in [0.29, 0.717) is 0 Å². The minimum absolute atomic E-state index is 0.462. The zero-order chi connectivity index (χ0) is 28.4. The van der Waals surface area contributed by atoms with E-state index >= 15 is 0 Å². The molecule has 5 aromatic carbocycles. The third kappa shape index (κ3) is 3.28. The van der Waals surface area contributed by atoms with Crippen molar-refractivity contribution in [2.24, 2.45) is 0 Å². The fraction of sp³-hybridized carbons (Fsp3) is 0.167. The van der Waals surface area contributed by atoms with Gasteiger partial charge in [-0.15, -0.1) is 0 Å². The molecular weight excluding hydrogens is 523 g/mol. The first kappa shape index (κ1) is 24.1. The Morgan fingerprint density at radius 3 is 1.71 bits per heavy atom. The Kier molecular flexibility index (Phi) is 4.63. The fourth-order valence-electron chi connectivity index (χ4n) is 6.38. The summed E-state index contributed by atoms with van der Waals surface area (Å²) in [6.07, 6.45) is 0. The molecule has 204 valence electrons. The predicted octanol–water partition coefficient (Wildman–Crippen LogP) is 9.35. The van der Waals surface area contributed by atoms with Crippen LogP contribution in [0.1, 0.15) is 27.7 Å². The van der Waals surface area contributed by atoms with Crippen LogP contribution in [-0.4, -0.2) is 18.3 Å². The monoisotopic (exact) mass is 550 g/mol. The highest BCUT2D eigenvalue weighted by Gasteiger charge is 2.52. The summed E-state index contributed by atoms with van der Waals surface area (Å²) < 4.78 is 32.0. The van der Waals surface area contributed by atoms with Crippen molar-refractivity contribution < 1.29 is 22.6 Å². The van der Waals surface area contributed by atoms with Gasteiger partial charge in [0.15, 0.2) is 0 Å². The van der Waals surface area contributed by atoms with Crippen molar-refractivity contribution in [3.05, 3.63) is 91.0 Å². The Labute approximate surface area is 241 Å². The Bertz CT molecular complexity index is 2370. The van der Waals surface area contributed by atoms with Crippen molar-refractivity contribution in [2.45, 2.75) is 38.9 Å². The molecule has 3 aromatic heterocycles. The Balaban J connectivity index is 1.26. The van der Waals surface area contributed by atoms with Gasteiger partial charge in [-0.3, -0.25) is 0 Å². The van der Waals surface area contributed by atoms with E-state index in [-0.39, 0.29) is 0 Å². The topological polar surface area (TPSA) is 57.9 Å². The highest BCUT2D eigenvalue weighted by atomic mass is 16.7. The van der Waals surface area contributed by atoms with E-state index in [0.717, 1.165) is 82.4 Å². The van der Waals surface area contributed by atoms with Crippen LogP contribution < -0.4 is 5.46 Å². The van der Waals surface area contributed by atoms with Crippen LogP contribution >= 0.6 is 0 Å². The number of furan rings is 3. The second-order valence-corrected chi connectivity index (χ2v) is 12.4. The Morgan fingerprint density at radius 2 is 1.00 bits per heavy atom. The molecule has 4 heterocycles. The van der Waals surface area contributed by atoms with Crippen molar-refractivity contribution in [2.75, 3.05) is 0 Å². The van der Waals surface area contributed by atoms with Crippen molar-refractivity contribution in [3.8, 4) is 11.1 Å². The molecule has 1 aliphatic rings. The number of hydrogen-bond donors (Lipinski definition) is 0.